The number of benzene rings is 2. The zero-order valence-electron chi connectivity index (χ0n) is 16.9. The third kappa shape index (κ3) is 5.14. The van der Waals surface area contributed by atoms with Gasteiger partial charge in [-0.15, -0.1) is 0 Å². The molecule has 1 atom stereocenters. The predicted molar refractivity (Wildman–Crippen MR) is 114 cm³/mol. The number of sulfonamides is 1. The fourth-order valence-electron chi connectivity index (χ4n) is 3.11. The van der Waals surface area contributed by atoms with Gasteiger partial charge in [0.15, 0.2) is 0 Å². The molecule has 1 heterocycles. The summed E-state index contributed by atoms with van der Waals surface area (Å²) in [6.07, 6.45) is 0. The van der Waals surface area contributed by atoms with Gasteiger partial charge in [-0.2, -0.15) is 4.31 Å². The van der Waals surface area contributed by atoms with Crippen LogP contribution in [0.2, 0.25) is 0 Å². The van der Waals surface area contributed by atoms with E-state index in [1.54, 1.807) is 19.1 Å². The first-order valence-electron chi connectivity index (χ1n) is 9.60. The van der Waals surface area contributed by atoms with E-state index in [1.165, 1.54) is 16.4 Å². The molecular weight excluding hydrogens is 390 g/mol. The highest BCUT2D eigenvalue weighted by atomic mass is 32.2. The molecule has 0 aliphatic carbocycles. The molecule has 0 spiro atoms. The number of aryl methyl sites for hydroxylation is 2. The van der Waals surface area contributed by atoms with Gasteiger partial charge in [0.05, 0.1) is 18.1 Å². The molecule has 2 N–H and O–H groups in total. The number of hydrogen-bond acceptors (Lipinski definition) is 5. The summed E-state index contributed by atoms with van der Waals surface area (Å²) in [5.74, 6) is -0.244. The maximum Gasteiger partial charge on any atom is 0.246 e. The summed E-state index contributed by atoms with van der Waals surface area (Å²) in [4.78, 5) is 12.8. The number of rotatable bonds is 6. The second-order valence-electron chi connectivity index (χ2n) is 7.22. The number of anilines is 2. The third-order valence-electron chi connectivity index (χ3n) is 4.87. The molecule has 1 aliphatic rings. The minimum Gasteiger partial charge on any atom is -0.379 e. The van der Waals surface area contributed by atoms with Crippen molar-refractivity contribution < 1.29 is 17.9 Å². The number of nitrogens with zero attached hydrogens (tertiary/aromatic N) is 1. The van der Waals surface area contributed by atoms with Crippen LogP contribution in [-0.2, 0) is 19.6 Å². The van der Waals surface area contributed by atoms with Gasteiger partial charge in [-0.1, -0.05) is 18.2 Å². The van der Waals surface area contributed by atoms with Crippen molar-refractivity contribution in [2.45, 2.75) is 31.7 Å². The number of hydrogen-bond donors (Lipinski definition) is 2. The molecule has 29 heavy (non-hydrogen) atoms. The first kappa shape index (κ1) is 21.3. The van der Waals surface area contributed by atoms with Gasteiger partial charge in [0.1, 0.15) is 6.04 Å². The lowest BCUT2D eigenvalue weighted by Crippen LogP contribution is -2.40. The Hall–Kier alpha value is -2.42. The maximum absolute atomic E-state index is 12.8. The summed E-state index contributed by atoms with van der Waals surface area (Å²) in [6.45, 7) is 7.17. The molecule has 1 amide bonds. The number of carbonyl (C=O) groups excluding carboxylic acids is 1. The van der Waals surface area contributed by atoms with Gasteiger partial charge < -0.3 is 15.4 Å². The largest absolute Gasteiger partial charge is 0.379 e. The van der Waals surface area contributed by atoms with Gasteiger partial charge in [0.2, 0.25) is 15.9 Å². The molecule has 3 rings (SSSR count). The Morgan fingerprint density at radius 1 is 1.10 bits per heavy atom. The third-order valence-corrected chi connectivity index (χ3v) is 6.76. The monoisotopic (exact) mass is 417 g/mol. The van der Waals surface area contributed by atoms with Crippen LogP contribution < -0.4 is 10.6 Å². The van der Waals surface area contributed by atoms with E-state index in [4.69, 9.17) is 4.74 Å². The van der Waals surface area contributed by atoms with E-state index < -0.39 is 16.1 Å². The van der Waals surface area contributed by atoms with Crippen LogP contribution in [0.3, 0.4) is 0 Å². The highest BCUT2D eigenvalue weighted by Gasteiger charge is 2.26. The van der Waals surface area contributed by atoms with Crippen molar-refractivity contribution in [2.75, 3.05) is 36.9 Å². The van der Waals surface area contributed by atoms with Gasteiger partial charge in [0.25, 0.3) is 0 Å². The van der Waals surface area contributed by atoms with Crippen LogP contribution in [0.15, 0.2) is 47.4 Å². The number of ether oxygens (including phenoxy) is 1. The molecule has 0 unspecified atom stereocenters. The van der Waals surface area contributed by atoms with E-state index in [0.717, 1.165) is 16.8 Å². The van der Waals surface area contributed by atoms with Gasteiger partial charge in [-0.25, -0.2) is 8.42 Å². The van der Waals surface area contributed by atoms with Crippen LogP contribution in [0.25, 0.3) is 0 Å². The highest BCUT2D eigenvalue weighted by Crippen LogP contribution is 2.21. The van der Waals surface area contributed by atoms with Crippen molar-refractivity contribution in [3.05, 3.63) is 53.6 Å². The van der Waals surface area contributed by atoms with Gasteiger partial charge >= 0.3 is 0 Å². The highest BCUT2D eigenvalue weighted by molar-refractivity contribution is 7.89. The molecule has 1 aliphatic heterocycles. The predicted octanol–water partition coefficient (Wildman–Crippen LogP) is 2.76. The van der Waals surface area contributed by atoms with E-state index in [1.807, 2.05) is 32.0 Å². The average molecular weight is 418 g/mol. The molecule has 7 nitrogen and oxygen atoms in total. The standard InChI is InChI=1S/C21H27N3O4S/c1-15-7-8-16(2)20(13-15)22-17(3)21(25)23-18-5-4-6-19(14-18)29(26,27)24-9-11-28-12-10-24/h4-8,13-14,17,22H,9-12H2,1-3H3,(H,23,25)/t17-/m1/s1. The molecule has 1 fully saturated rings. The Morgan fingerprint density at radius 3 is 2.55 bits per heavy atom. The lowest BCUT2D eigenvalue weighted by Gasteiger charge is -2.26. The van der Waals surface area contributed by atoms with Crippen LogP contribution in [0, 0.1) is 13.8 Å². The maximum atomic E-state index is 12.8. The van der Waals surface area contributed by atoms with E-state index in [2.05, 4.69) is 10.6 Å². The summed E-state index contributed by atoms with van der Waals surface area (Å²) in [5.41, 5.74) is 3.50. The molecule has 0 aromatic heterocycles. The minimum absolute atomic E-state index is 0.160. The molecule has 1 saturated heterocycles. The van der Waals surface area contributed by atoms with E-state index >= 15 is 0 Å². The zero-order chi connectivity index (χ0) is 21.0. The summed E-state index contributed by atoms with van der Waals surface area (Å²) >= 11 is 0. The SMILES string of the molecule is Cc1ccc(C)c(N[C@H](C)C(=O)Nc2cccc(S(=O)(=O)N3CCOCC3)c2)c1. The molecule has 2 aromatic rings. The molecule has 0 bridgehead atoms. The van der Waals surface area contributed by atoms with Crippen molar-refractivity contribution in [3.63, 3.8) is 0 Å². The lowest BCUT2D eigenvalue weighted by molar-refractivity contribution is -0.116. The van der Waals surface area contributed by atoms with Crippen molar-refractivity contribution in [2.24, 2.45) is 0 Å². The Kier molecular flexibility index (Phi) is 6.56. The molecular formula is C21H27N3O4S. The number of amides is 1. The molecule has 8 heteroatoms. The Morgan fingerprint density at radius 2 is 1.83 bits per heavy atom. The van der Waals surface area contributed by atoms with Crippen LogP contribution >= 0.6 is 0 Å². The van der Waals surface area contributed by atoms with Crippen LogP contribution in [0.4, 0.5) is 11.4 Å². The Labute approximate surface area is 172 Å². The van der Waals surface area contributed by atoms with Crippen molar-refractivity contribution in [3.8, 4) is 0 Å². The summed E-state index contributed by atoms with van der Waals surface area (Å²) in [6, 6.07) is 11.9. The first-order valence-corrected chi connectivity index (χ1v) is 11.0. The van der Waals surface area contributed by atoms with E-state index in [0.29, 0.717) is 32.0 Å². The van der Waals surface area contributed by atoms with Crippen molar-refractivity contribution in [1.82, 2.24) is 4.31 Å². The second kappa shape index (κ2) is 8.94. The Balaban J connectivity index is 1.70. The zero-order valence-corrected chi connectivity index (χ0v) is 17.8. The first-order chi connectivity index (χ1) is 13.8. The topological polar surface area (TPSA) is 87.7 Å². The van der Waals surface area contributed by atoms with E-state index in [9.17, 15) is 13.2 Å². The van der Waals surface area contributed by atoms with Gasteiger partial charge in [-0.3, -0.25) is 4.79 Å². The molecule has 156 valence electrons. The second-order valence-corrected chi connectivity index (χ2v) is 9.16. The lowest BCUT2D eigenvalue weighted by atomic mass is 10.1. The molecule has 2 aromatic carbocycles. The van der Waals surface area contributed by atoms with Gasteiger partial charge in [-0.05, 0) is 56.2 Å². The fraction of sp³-hybridized carbons (Fsp3) is 0.381. The fourth-order valence-corrected chi connectivity index (χ4v) is 4.57. The summed E-state index contributed by atoms with van der Waals surface area (Å²) in [7, 11) is -3.61. The summed E-state index contributed by atoms with van der Waals surface area (Å²) in [5, 5.41) is 6.02. The van der Waals surface area contributed by atoms with E-state index in [-0.39, 0.29) is 10.8 Å². The number of carbonyl (C=O) groups is 1. The smallest absolute Gasteiger partial charge is 0.246 e. The molecule has 0 radical (unpaired) electrons. The quantitative estimate of drug-likeness (QED) is 0.755. The van der Waals surface area contributed by atoms with Crippen LogP contribution in [-0.4, -0.2) is 51.0 Å². The van der Waals surface area contributed by atoms with Gasteiger partial charge in [0, 0.05) is 24.5 Å². The number of nitrogens with one attached hydrogen (secondary N) is 2. The molecule has 0 saturated carbocycles. The number of morpholine rings is 1. The van der Waals surface area contributed by atoms with Crippen molar-refractivity contribution >= 4 is 27.3 Å². The normalized spacial score (nSPS) is 16.2. The van der Waals surface area contributed by atoms with Crippen LogP contribution in [0.1, 0.15) is 18.1 Å². The Bertz CT molecular complexity index is 985. The van der Waals surface area contributed by atoms with Crippen LogP contribution in [0.5, 0.6) is 0 Å². The van der Waals surface area contributed by atoms with Crippen molar-refractivity contribution in [1.29, 1.82) is 0 Å². The average Bonchev–Trinajstić information content (AvgIpc) is 2.71. The summed E-state index contributed by atoms with van der Waals surface area (Å²) < 4.78 is 32.3. The minimum atomic E-state index is -3.61.